The maximum absolute atomic E-state index is 14.7. The maximum atomic E-state index is 14.7. The first-order valence-electron chi connectivity index (χ1n) is 15.3. The summed E-state index contributed by atoms with van der Waals surface area (Å²) >= 11 is 0. The van der Waals surface area contributed by atoms with Gasteiger partial charge >= 0.3 is 0 Å². The molecule has 7 rings (SSSR count). The van der Waals surface area contributed by atoms with Crippen LogP contribution in [0.4, 0.5) is 0 Å². The molecule has 0 aliphatic heterocycles. The maximum Gasteiger partial charge on any atom is 0.210 e. The lowest BCUT2D eigenvalue weighted by atomic mass is 9.71. The quantitative estimate of drug-likeness (QED) is 0.197. The van der Waals surface area contributed by atoms with Gasteiger partial charge in [0.15, 0.2) is 11.6 Å². The highest BCUT2D eigenvalue weighted by Crippen LogP contribution is 2.43. The number of aromatic nitrogens is 1. The number of carbonyl (C=O) groups is 4. The Balaban J connectivity index is 1.48. The number of pyridine rings is 1. The SMILES string of the molecule is O=C1C(NCc2ccccc2)=C(C(C2=C(NCc3ccccc3)C(=O)c3ccccc3C2=O)c2ccncc2)C(=O)c2ccccc21. The van der Waals surface area contributed by atoms with Gasteiger partial charge in [-0.2, -0.15) is 0 Å². The molecular weight excluding hydrogens is 586 g/mol. The van der Waals surface area contributed by atoms with Crippen LogP contribution in [0.2, 0.25) is 0 Å². The molecule has 1 heterocycles. The van der Waals surface area contributed by atoms with Gasteiger partial charge in [-0.25, -0.2) is 0 Å². The Morgan fingerprint density at radius 3 is 1.21 bits per heavy atom. The van der Waals surface area contributed by atoms with Crippen LogP contribution in [0.1, 0.15) is 64.0 Å². The third-order valence-electron chi connectivity index (χ3n) is 8.56. The number of nitrogens with zero attached hydrogens (tertiary/aromatic N) is 1. The molecule has 0 radical (unpaired) electrons. The van der Waals surface area contributed by atoms with Crippen molar-refractivity contribution in [2.45, 2.75) is 19.0 Å². The van der Waals surface area contributed by atoms with Gasteiger partial charge in [-0.1, -0.05) is 109 Å². The van der Waals surface area contributed by atoms with Gasteiger partial charge in [0.05, 0.1) is 11.4 Å². The highest BCUT2D eigenvalue weighted by molar-refractivity contribution is 6.31. The number of ketones is 4. The molecule has 0 atom stereocenters. The first-order valence-corrected chi connectivity index (χ1v) is 15.3. The van der Waals surface area contributed by atoms with Crippen LogP contribution in [0.25, 0.3) is 0 Å². The van der Waals surface area contributed by atoms with E-state index in [1.54, 1.807) is 73.1 Å². The summed E-state index contributed by atoms with van der Waals surface area (Å²) in [4.78, 5) is 62.1. The highest BCUT2D eigenvalue weighted by Gasteiger charge is 2.44. The second-order valence-corrected chi connectivity index (χ2v) is 11.4. The number of nitrogens with one attached hydrogen (secondary N) is 2. The van der Waals surface area contributed by atoms with Crippen LogP contribution in [-0.2, 0) is 13.1 Å². The summed E-state index contributed by atoms with van der Waals surface area (Å²) in [5, 5.41) is 6.54. The summed E-state index contributed by atoms with van der Waals surface area (Å²) < 4.78 is 0. The molecule has 0 amide bonds. The minimum Gasteiger partial charge on any atom is -0.377 e. The fourth-order valence-electron chi connectivity index (χ4n) is 6.30. The molecule has 0 saturated carbocycles. The molecule has 4 aromatic carbocycles. The van der Waals surface area contributed by atoms with E-state index in [4.69, 9.17) is 0 Å². The van der Waals surface area contributed by atoms with Crippen molar-refractivity contribution in [3.05, 3.63) is 195 Å². The van der Waals surface area contributed by atoms with Crippen LogP contribution in [0, 0.1) is 0 Å². The van der Waals surface area contributed by atoms with E-state index in [1.165, 1.54) is 0 Å². The summed E-state index contributed by atoms with van der Waals surface area (Å²) in [6.45, 7) is 0.523. The van der Waals surface area contributed by atoms with E-state index in [9.17, 15) is 19.2 Å². The van der Waals surface area contributed by atoms with Crippen molar-refractivity contribution in [2.75, 3.05) is 0 Å². The normalized spacial score (nSPS) is 14.3. The molecule has 0 spiro atoms. The van der Waals surface area contributed by atoms with E-state index >= 15 is 0 Å². The molecule has 7 nitrogen and oxygen atoms in total. The number of allylic oxidation sites excluding steroid dienone is 4. The second-order valence-electron chi connectivity index (χ2n) is 11.4. The molecule has 0 bridgehead atoms. The molecule has 1 aromatic heterocycles. The third-order valence-corrected chi connectivity index (χ3v) is 8.56. The predicted molar refractivity (Wildman–Crippen MR) is 178 cm³/mol. The zero-order valence-corrected chi connectivity index (χ0v) is 25.3. The molecule has 0 unspecified atom stereocenters. The fraction of sp³-hybridized carbons (Fsp3) is 0.0750. The van der Waals surface area contributed by atoms with E-state index in [-0.39, 0.29) is 69.5 Å². The Labute approximate surface area is 271 Å². The monoisotopic (exact) mass is 615 g/mol. The summed E-state index contributed by atoms with van der Waals surface area (Å²) in [5.74, 6) is -2.60. The molecule has 47 heavy (non-hydrogen) atoms. The molecule has 5 aromatic rings. The molecule has 2 aliphatic carbocycles. The minimum absolute atomic E-state index is 0.0911. The van der Waals surface area contributed by atoms with Crippen LogP contribution < -0.4 is 10.6 Å². The van der Waals surface area contributed by atoms with Crippen LogP contribution in [0.3, 0.4) is 0 Å². The van der Waals surface area contributed by atoms with Crippen molar-refractivity contribution in [1.82, 2.24) is 15.6 Å². The zero-order valence-electron chi connectivity index (χ0n) is 25.3. The fourth-order valence-corrected chi connectivity index (χ4v) is 6.30. The highest BCUT2D eigenvalue weighted by atomic mass is 16.1. The van der Waals surface area contributed by atoms with Gasteiger partial charge in [-0.15, -0.1) is 0 Å². The lowest BCUT2D eigenvalue weighted by molar-refractivity contribution is 0.0950. The topological polar surface area (TPSA) is 105 Å². The Morgan fingerprint density at radius 1 is 0.447 bits per heavy atom. The number of rotatable bonds is 9. The lowest BCUT2D eigenvalue weighted by Gasteiger charge is -2.32. The largest absolute Gasteiger partial charge is 0.377 e. The predicted octanol–water partition coefficient (Wildman–Crippen LogP) is 6.41. The van der Waals surface area contributed by atoms with Gasteiger partial charge < -0.3 is 10.6 Å². The van der Waals surface area contributed by atoms with E-state index in [1.807, 2.05) is 60.7 Å². The van der Waals surface area contributed by atoms with E-state index in [0.717, 1.165) is 11.1 Å². The van der Waals surface area contributed by atoms with Crippen LogP contribution in [0.5, 0.6) is 0 Å². The lowest BCUT2D eigenvalue weighted by Crippen LogP contribution is -2.37. The average Bonchev–Trinajstić information content (AvgIpc) is 3.13. The van der Waals surface area contributed by atoms with Crippen molar-refractivity contribution in [2.24, 2.45) is 0 Å². The van der Waals surface area contributed by atoms with Crippen LogP contribution in [0.15, 0.2) is 156 Å². The Bertz CT molecular complexity index is 1970. The van der Waals surface area contributed by atoms with E-state index < -0.39 is 17.5 Å². The number of hydrogen-bond donors (Lipinski definition) is 2. The Kier molecular flexibility index (Phi) is 7.94. The van der Waals surface area contributed by atoms with Gasteiger partial charge in [0.2, 0.25) is 11.6 Å². The molecule has 228 valence electrons. The van der Waals surface area contributed by atoms with Crippen LogP contribution in [-0.4, -0.2) is 28.1 Å². The standard InChI is InChI=1S/C40H29N3O4/c44-37-28-15-7-9-17-30(28)39(46)35(42-23-25-11-3-1-4-12-25)33(37)32(27-19-21-41-22-20-27)34-36(43-24-26-13-5-2-6-14-26)40(47)31-18-10-8-16-29(31)38(34)45/h1-22,32,42-43H,23-24H2. The summed E-state index contributed by atoms with van der Waals surface area (Å²) in [7, 11) is 0. The number of carbonyl (C=O) groups excluding carboxylic acids is 4. The van der Waals surface area contributed by atoms with Crippen molar-refractivity contribution in [1.29, 1.82) is 0 Å². The van der Waals surface area contributed by atoms with Gasteiger partial charge in [0.1, 0.15) is 0 Å². The van der Waals surface area contributed by atoms with Gasteiger partial charge in [0.25, 0.3) is 0 Å². The van der Waals surface area contributed by atoms with Gasteiger partial charge in [0, 0.05) is 64.8 Å². The summed E-state index contributed by atoms with van der Waals surface area (Å²) in [5.41, 5.74) is 3.78. The molecule has 0 fully saturated rings. The Morgan fingerprint density at radius 2 is 0.809 bits per heavy atom. The van der Waals surface area contributed by atoms with Crippen LogP contribution >= 0.6 is 0 Å². The van der Waals surface area contributed by atoms with Crippen molar-refractivity contribution in [3.8, 4) is 0 Å². The second kappa shape index (κ2) is 12.7. The molecule has 0 saturated heterocycles. The van der Waals surface area contributed by atoms with Crippen molar-refractivity contribution >= 4 is 23.1 Å². The number of benzene rings is 4. The first-order chi connectivity index (χ1) is 23.0. The molecule has 2 N–H and O–H groups in total. The number of hydrogen-bond acceptors (Lipinski definition) is 7. The number of Topliss-reactive ketones (excluding diaryl/α,β-unsaturated/α-hetero) is 4. The smallest absolute Gasteiger partial charge is 0.210 e. The molecule has 7 heteroatoms. The average molecular weight is 616 g/mol. The Hall–Kier alpha value is -6.21. The summed E-state index contributed by atoms with van der Waals surface area (Å²) in [6.07, 6.45) is 3.15. The first kappa shape index (κ1) is 29.5. The zero-order chi connectivity index (χ0) is 32.3. The van der Waals surface area contributed by atoms with E-state index in [2.05, 4.69) is 15.6 Å². The van der Waals surface area contributed by atoms with E-state index in [0.29, 0.717) is 5.56 Å². The minimum atomic E-state index is -1.08. The van der Waals surface area contributed by atoms with Crippen molar-refractivity contribution < 1.29 is 19.2 Å². The molecule has 2 aliphatic rings. The van der Waals surface area contributed by atoms with Gasteiger partial charge in [-0.3, -0.25) is 24.2 Å². The van der Waals surface area contributed by atoms with Gasteiger partial charge in [-0.05, 0) is 28.8 Å². The molecular formula is C40H29N3O4. The summed E-state index contributed by atoms with van der Waals surface area (Å²) in [6, 6.07) is 35.9. The number of fused-ring (bicyclic) bond motifs is 2. The third kappa shape index (κ3) is 5.48. The van der Waals surface area contributed by atoms with Crippen molar-refractivity contribution in [3.63, 3.8) is 0 Å².